The van der Waals surface area contributed by atoms with Crippen molar-refractivity contribution in [2.45, 2.75) is 27.3 Å². The van der Waals surface area contributed by atoms with Crippen LogP contribution in [0.3, 0.4) is 0 Å². The van der Waals surface area contributed by atoms with Crippen LogP contribution in [0.5, 0.6) is 0 Å². The average Bonchev–Trinajstić information content (AvgIpc) is 2.67. The Morgan fingerprint density at radius 1 is 1.59 bits per heavy atom. The van der Waals surface area contributed by atoms with Crippen molar-refractivity contribution in [1.29, 1.82) is 0 Å². The van der Waals surface area contributed by atoms with E-state index >= 15 is 0 Å². The highest BCUT2D eigenvalue weighted by molar-refractivity contribution is 9.10. The molecule has 5 heteroatoms. The van der Waals surface area contributed by atoms with Crippen molar-refractivity contribution in [3.8, 4) is 0 Å². The molecule has 96 valence electrons. The molecule has 0 radical (unpaired) electrons. The van der Waals surface area contributed by atoms with Crippen LogP contribution < -0.4 is 5.32 Å². The van der Waals surface area contributed by atoms with Crippen molar-refractivity contribution < 1.29 is 9.90 Å². The maximum absolute atomic E-state index is 12.0. The molecule has 0 atom stereocenters. The van der Waals surface area contributed by atoms with E-state index < -0.39 is 0 Å². The second kappa shape index (κ2) is 5.69. The lowest BCUT2D eigenvalue weighted by Gasteiger charge is -2.21. The molecule has 1 amide bonds. The predicted octanol–water partition coefficient (Wildman–Crippen LogP) is 2.02. The van der Waals surface area contributed by atoms with E-state index in [-0.39, 0.29) is 17.9 Å². The molecular weight excluding hydrogens is 284 g/mol. The standard InChI is InChI=1S/C12H19BrN2O2/c1-4-15-6-9(13)5-10(15)11(17)14-7-12(2,3)8-16/h5-6,16H,4,7-8H2,1-3H3,(H,14,17). The summed E-state index contributed by atoms with van der Waals surface area (Å²) in [6.07, 6.45) is 1.88. The zero-order chi connectivity index (χ0) is 13.1. The van der Waals surface area contributed by atoms with Crippen LogP contribution in [0.4, 0.5) is 0 Å². The van der Waals surface area contributed by atoms with Crippen molar-refractivity contribution >= 4 is 21.8 Å². The minimum absolute atomic E-state index is 0.0474. The number of carbonyl (C=O) groups excluding carboxylic acids is 1. The lowest BCUT2D eigenvalue weighted by molar-refractivity contribution is 0.0902. The van der Waals surface area contributed by atoms with Crippen LogP contribution in [0, 0.1) is 5.41 Å². The Morgan fingerprint density at radius 3 is 2.76 bits per heavy atom. The number of rotatable bonds is 5. The monoisotopic (exact) mass is 302 g/mol. The summed E-state index contributed by atoms with van der Waals surface area (Å²) in [5, 5.41) is 12.0. The van der Waals surface area contributed by atoms with Crippen LogP contribution >= 0.6 is 15.9 Å². The minimum atomic E-state index is -0.295. The molecule has 0 aromatic carbocycles. The first-order valence-corrected chi connectivity index (χ1v) is 6.43. The summed E-state index contributed by atoms with van der Waals surface area (Å²) >= 11 is 3.36. The van der Waals surface area contributed by atoms with Crippen molar-refractivity contribution in [3.05, 3.63) is 22.4 Å². The Hall–Kier alpha value is -0.810. The Labute approximate surface area is 110 Å². The Kier molecular flexibility index (Phi) is 4.77. The molecule has 1 heterocycles. The van der Waals surface area contributed by atoms with E-state index in [1.165, 1.54) is 0 Å². The third-order valence-corrected chi connectivity index (χ3v) is 3.03. The van der Waals surface area contributed by atoms with Gasteiger partial charge in [-0.15, -0.1) is 0 Å². The second-order valence-electron chi connectivity index (χ2n) is 4.83. The normalized spacial score (nSPS) is 11.6. The van der Waals surface area contributed by atoms with Crippen LogP contribution in [0.2, 0.25) is 0 Å². The highest BCUT2D eigenvalue weighted by atomic mass is 79.9. The first-order chi connectivity index (χ1) is 7.89. The lowest BCUT2D eigenvalue weighted by Crippen LogP contribution is -2.36. The molecule has 0 fully saturated rings. The number of aromatic nitrogens is 1. The molecule has 0 spiro atoms. The molecular formula is C12H19BrN2O2. The molecule has 4 nitrogen and oxygen atoms in total. The van der Waals surface area contributed by atoms with E-state index in [1.807, 2.05) is 31.5 Å². The van der Waals surface area contributed by atoms with Gasteiger partial charge in [-0.1, -0.05) is 13.8 Å². The van der Waals surface area contributed by atoms with Crippen molar-refractivity contribution in [1.82, 2.24) is 9.88 Å². The summed E-state index contributed by atoms with van der Waals surface area (Å²) < 4.78 is 2.77. The molecule has 0 saturated carbocycles. The SMILES string of the molecule is CCn1cc(Br)cc1C(=O)NCC(C)(C)CO. The van der Waals surface area contributed by atoms with Gasteiger partial charge < -0.3 is 15.0 Å². The fourth-order valence-electron chi connectivity index (χ4n) is 1.39. The van der Waals surface area contributed by atoms with Crippen molar-refractivity contribution in [2.24, 2.45) is 5.41 Å². The van der Waals surface area contributed by atoms with Gasteiger partial charge in [0.15, 0.2) is 0 Å². The largest absolute Gasteiger partial charge is 0.396 e. The molecule has 0 saturated heterocycles. The van der Waals surface area contributed by atoms with Crippen LogP contribution in [0.1, 0.15) is 31.3 Å². The van der Waals surface area contributed by atoms with Gasteiger partial charge in [0.2, 0.25) is 0 Å². The Bertz CT molecular complexity index is 399. The quantitative estimate of drug-likeness (QED) is 0.874. The molecule has 0 aliphatic heterocycles. The summed E-state index contributed by atoms with van der Waals surface area (Å²) in [5.74, 6) is -0.112. The van der Waals surface area contributed by atoms with E-state index in [2.05, 4.69) is 21.2 Å². The average molecular weight is 303 g/mol. The molecule has 0 unspecified atom stereocenters. The summed E-state index contributed by atoms with van der Waals surface area (Å²) in [4.78, 5) is 12.0. The maximum atomic E-state index is 12.0. The summed E-state index contributed by atoms with van der Waals surface area (Å²) in [6.45, 7) is 7.05. The smallest absolute Gasteiger partial charge is 0.267 e. The van der Waals surface area contributed by atoms with E-state index in [9.17, 15) is 4.79 Å². The van der Waals surface area contributed by atoms with Gasteiger partial charge in [-0.25, -0.2) is 0 Å². The number of hydrogen-bond donors (Lipinski definition) is 2. The number of nitrogens with one attached hydrogen (secondary N) is 1. The van der Waals surface area contributed by atoms with E-state index in [1.54, 1.807) is 6.07 Å². The highest BCUT2D eigenvalue weighted by Crippen LogP contribution is 2.16. The Balaban J connectivity index is 2.70. The van der Waals surface area contributed by atoms with Gasteiger partial charge >= 0.3 is 0 Å². The molecule has 0 bridgehead atoms. The predicted molar refractivity (Wildman–Crippen MR) is 71.0 cm³/mol. The third-order valence-electron chi connectivity index (χ3n) is 2.59. The summed E-state index contributed by atoms with van der Waals surface area (Å²) in [7, 11) is 0. The number of hydrogen-bond acceptors (Lipinski definition) is 2. The fourth-order valence-corrected chi connectivity index (χ4v) is 1.86. The molecule has 1 aromatic rings. The molecule has 1 aromatic heterocycles. The number of aliphatic hydroxyl groups is 1. The van der Waals surface area contributed by atoms with Gasteiger partial charge in [0, 0.05) is 35.8 Å². The van der Waals surface area contributed by atoms with Gasteiger partial charge in [-0.05, 0) is 28.9 Å². The Morgan fingerprint density at radius 2 is 2.24 bits per heavy atom. The molecule has 0 aliphatic carbocycles. The number of amides is 1. The lowest BCUT2D eigenvalue weighted by atomic mass is 9.95. The number of carbonyl (C=O) groups is 1. The summed E-state index contributed by atoms with van der Waals surface area (Å²) in [6, 6.07) is 1.80. The van der Waals surface area contributed by atoms with Gasteiger partial charge in [0.25, 0.3) is 5.91 Å². The number of aryl methyl sites for hydroxylation is 1. The van der Waals surface area contributed by atoms with Crippen LogP contribution in [0.15, 0.2) is 16.7 Å². The zero-order valence-corrected chi connectivity index (χ0v) is 12.0. The second-order valence-corrected chi connectivity index (χ2v) is 5.75. The highest BCUT2D eigenvalue weighted by Gasteiger charge is 2.19. The van der Waals surface area contributed by atoms with Gasteiger partial charge in [-0.2, -0.15) is 0 Å². The topological polar surface area (TPSA) is 54.3 Å². The van der Waals surface area contributed by atoms with E-state index in [4.69, 9.17) is 5.11 Å². The first-order valence-electron chi connectivity index (χ1n) is 5.64. The minimum Gasteiger partial charge on any atom is -0.396 e. The van der Waals surface area contributed by atoms with Crippen LogP contribution in [-0.2, 0) is 6.54 Å². The maximum Gasteiger partial charge on any atom is 0.267 e. The number of halogens is 1. The van der Waals surface area contributed by atoms with E-state index in [0.29, 0.717) is 12.2 Å². The van der Waals surface area contributed by atoms with Crippen molar-refractivity contribution in [3.63, 3.8) is 0 Å². The molecule has 17 heavy (non-hydrogen) atoms. The molecule has 1 rings (SSSR count). The fraction of sp³-hybridized carbons (Fsp3) is 0.583. The van der Waals surface area contributed by atoms with Gasteiger partial charge in [0.05, 0.1) is 0 Å². The van der Waals surface area contributed by atoms with Crippen molar-refractivity contribution in [2.75, 3.05) is 13.2 Å². The van der Waals surface area contributed by atoms with Crippen LogP contribution in [-0.4, -0.2) is 28.7 Å². The summed E-state index contributed by atoms with van der Waals surface area (Å²) in [5.41, 5.74) is 0.337. The van der Waals surface area contributed by atoms with Gasteiger partial charge in [0.1, 0.15) is 5.69 Å². The molecule has 0 aliphatic rings. The van der Waals surface area contributed by atoms with Gasteiger partial charge in [-0.3, -0.25) is 4.79 Å². The first kappa shape index (κ1) is 14.3. The zero-order valence-electron chi connectivity index (χ0n) is 10.5. The number of nitrogens with zero attached hydrogens (tertiary/aromatic N) is 1. The van der Waals surface area contributed by atoms with Crippen LogP contribution in [0.25, 0.3) is 0 Å². The molecule has 2 N–H and O–H groups in total. The number of aliphatic hydroxyl groups excluding tert-OH is 1. The third kappa shape index (κ3) is 3.85. The van der Waals surface area contributed by atoms with E-state index in [0.717, 1.165) is 11.0 Å².